The lowest BCUT2D eigenvalue weighted by Crippen LogP contribution is -2.32. The predicted octanol–water partition coefficient (Wildman–Crippen LogP) is 1.63. The second-order valence-electron chi connectivity index (χ2n) is 3.73. The number of benzene rings is 1. The normalized spacial score (nSPS) is 12.2. The van der Waals surface area contributed by atoms with Crippen LogP contribution in [0.5, 0.6) is 0 Å². The van der Waals surface area contributed by atoms with Crippen molar-refractivity contribution in [3.8, 4) is 0 Å². The zero-order valence-electron chi connectivity index (χ0n) is 9.46. The van der Waals surface area contributed by atoms with Gasteiger partial charge in [-0.05, 0) is 37.1 Å². The van der Waals surface area contributed by atoms with Crippen molar-refractivity contribution < 1.29 is 14.3 Å². The number of nitrogens with one attached hydrogen (secondary N) is 1. The first-order chi connectivity index (χ1) is 7.54. The lowest BCUT2D eigenvalue weighted by molar-refractivity contribution is 0.0913. The van der Waals surface area contributed by atoms with Gasteiger partial charge in [-0.25, -0.2) is 4.39 Å². The summed E-state index contributed by atoms with van der Waals surface area (Å²) >= 11 is 0. The minimum atomic E-state index is -0.537. The fourth-order valence-electron chi connectivity index (χ4n) is 1.33. The Morgan fingerprint density at radius 2 is 2.25 bits per heavy atom. The third-order valence-corrected chi connectivity index (χ3v) is 2.40. The van der Waals surface area contributed by atoms with Crippen LogP contribution in [-0.2, 0) is 0 Å². The van der Waals surface area contributed by atoms with Crippen LogP contribution in [0.1, 0.15) is 29.3 Å². The van der Waals surface area contributed by atoms with Gasteiger partial charge in [0.05, 0.1) is 6.10 Å². The summed E-state index contributed by atoms with van der Waals surface area (Å²) in [5.41, 5.74) is 1.02. The van der Waals surface area contributed by atoms with Crippen LogP contribution in [0, 0.1) is 12.7 Å². The first kappa shape index (κ1) is 12.6. The lowest BCUT2D eigenvalue weighted by atomic mass is 10.1. The van der Waals surface area contributed by atoms with Gasteiger partial charge in [-0.15, -0.1) is 0 Å². The van der Waals surface area contributed by atoms with E-state index in [0.717, 1.165) is 0 Å². The molecule has 3 nitrogen and oxygen atoms in total. The van der Waals surface area contributed by atoms with Crippen LogP contribution < -0.4 is 5.32 Å². The van der Waals surface area contributed by atoms with Gasteiger partial charge in [0.2, 0.25) is 0 Å². The summed E-state index contributed by atoms with van der Waals surface area (Å²) in [4.78, 5) is 11.7. The van der Waals surface area contributed by atoms with Crippen molar-refractivity contribution in [2.24, 2.45) is 0 Å². The first-order valence-electron chi connectivity index (χ1n) is 5.27. The Balaban J connectivity index is 2.66. The molecule has 1 aromatic carbocycles. The van der Waals surface area contributed by atoms with Crippen LogP contribution in [0.15, 0.2) is 18.2 Å². The molecular weight excluding hydrogens is 209 g/mol. The molecule has 1 unspecified atom stereocenters. The average Bonchev–Trinajstić information content (AvgIpc) is 2.25. The average molecular weight is 225 g/mol. The smallest absolute Gasteiger partial charge is 0.251 e. The van der Waals surface area contributed by atoms with Gasteiger partial charge in [0.15, 0.2) is 0 Å². The molecule has 0 bridgehead atoms. The molecule has 0 saturated heterocycles. The maximum absolute atomic E-state index is 12.8. The van der Waals surface area contributed by atoms with E-state index in [1.165, 1.54) is 18.2 Å². The Morgan fingerprint density at radius 1 is 1.56 bits per heavy atom. The van der Waals surface area contributed by atoms with Crippen LogP contribution in [0.4, 0.5) is 4.39 Å². The molecule has 1 atom stereocenters. The molecule has 1 aromatic rings. The van der Waals surface area contributed by atoms with Gasteiger partial charge in [-0.2, -0.15) is 0 Å². The van der Waals surface area contributed by atoms with Gasteiger partial charge < -0.3 is 10.4 Å². The standard InChI is InChI=1S/C12H16FNO2/c1-3-10(15)7-14-12(16)11-5-4-9(13)6-8(11)2/h4-6,10,15H,3,7H2,1-2H3,(H,14,16). The molecular formula is C12H16FNO2. The number of aryl methyl sites for hydroxylation is 1. The summed E-state index contributed by atoms with van der Waals surface area (Å²) < 4.78 is 12.8. The third-order valence-electron chi connectivity index (χ3n) is 2.40. The van der Waals surface area contributed by atoms with Crippen molar-refractivity contribution in [3.05, 3.63) is 35.1 Å². The fraction of sp³-hybridized carbons (Fsp3) is 0.417. The summed E-state index contributed by atoms with van der Waals surface area (Å²) in [5.74, 6) is -0.646. The highest BCUT2D eigenvalue weighted by atomic mass is 19.1. The van der Waals surface area contributed by atoms with Gasteiger partial charge in [-0.1, -0.05) is 6.92 Å². The molecule has 1 amide bonds. The quantitative estimate of drug-likeness (QED) is 0.818. The van der Waals surface area contributed by atoms with Crippen molar-refractivity contribution in [2.45, 2.75) is 26.4 Å². The van der Waals surface area contributed by atoms with Crippen LogP contribution in [0.3, 0.4) is 0 Å². The highest BCUT2D eigenvalue weighted by Gasteiger charge is 2.10. The van der Waals surface area contributed by atoms with Gasteiger partial charge in [0.25, 0.3) is 5.91 Å². The number of carbonyl (C=O) groups is 1. The van der Waals surface area contributed by atoms with E-state index < -0.39 is 6.10 Å². The topological polar surface area (TPSA) is 49.3 Å². The number of carbonyl (C=O) groups excluding carboxylic acids is 1. The molecule has 0 saturated carbocycles. The zero-order chi connectivity index (χ0) is 12.1. The summed E-state index contributed by atoms with van der Waals surface area (Å²) in [7, 11) is 0. The van der Waals surface area contributed by atoms with Gasteiger partial charge in [-0.3, -0.25) is 4.79 Å². The summed E-state index contributed by atoms with van der Waals surface area (Å²) in [6, 6.07) is 4.00. The maximum Gasteiger partial charge on any atom is 0.251 e. The molecule has 0 aliphatic heterocycles. The third kappa shape index (κ3) is 3.31. The minimum Gasteiger partial charge on any atom is -0.391 e. The number of hydrogen-bond donors (Lipinski definition) is 2. The van der Waals surface area contributed by atoms with Crippen LogP contribution in [-0.4, -0.2) is 23.7 Å². The van der Waals surface area contributed by atoms with Gasteiger partial charge in [0, 0.05) is 12.1 Å². The highest BCUT2D eigenvalue weighted by molar-refractivity contribution is 5.95. The summed E-state index contributed by atoms with van der Waals surface area (Å²) in [6.45, 7) is 3.72. The lowest BCUT2D eigenvalue weighted by Gasteiger charge is -2.10. The van der Waals surface area contributed by atoms with Crippen LogP contribution >= 0.6 is 0 Å². The highest BCUT2D eigenvalue weighted by Crippen LogP contribution is 2.09. The first-order valence-corrected chi connectivity index (χ1v) is 5.27. The monoisotopic (exact) mass is 225 g/mol. The molecule has 0 aliphatic carbocycles. The Hall–Kier alpha value is -1.42. The van der Waals surface area contributed by atoms with E-state index in [9.17, 15) is 14.3 Å². The van der Waals surface area contributed by atoms with E-state index >= 15 is 0 Å². The van der Waals surface area contributed by atoms with Gasteiger partial charge in [0.1, 0.15) is 5.82 Å². The van der Waals surface area contributed by atoms with E-state index in [1.54, 1.807) is 6.92 Å². The Morgan fingerprint density at radius 3 is 2.81 bits per heavy atom. The number of rotatable bonds is 4. The van der Waals surface area contributed by atoms with E-state index in [0.29, 0.717) is 17.5 Å². The molecule has 16 heavy (non-hydrogen) atoms. The number of halogens is 1. The Labute approximate surface area is 94.3 Å². The molecule has 4 heteroatoms. The number of amides is 1. The second-order valence-corrected chi connectivity index (χ2v) is 3.73. The fourth-order valence-corrected chi connectivity index (χ4v) is 1.33. The SMILES string of the molecule is CCC(O)CNC(=O)c1ccc(F)cc1C. The largest absolute Gasteiger partial charge is 0.391 e. The molecule has 0 aliphatic rings. The van der Waals surface area contributed by atoms with Crippen molar-refractivity contribution in [3.63, 3.8) is 0 Å². The predicted molar refractivity (Wildman–Crippen MR) is 59.8 cm³/mol. The van der Waals surface area contributed by atoms with Crippen molar-refractivity contribution in [1.29, 1.82) is 0 Å². The molecule has 0 fully saturated rings. The van der Waals surface area contributed by atoms with Crippen molar-refractivity contribution in [2.75, 3.05) is 6.54 Å². The van der Waals surface area contributed by atoms with Crippen LogP contribution in [0.25, 0.3) is 0 Å². The molecule has 0 aromatic heterocycles. The summed E-state index contributed by atoms with van der Waals surface area (Å²) in [5, 5.41) is 11.9. The number of hydrogen-bond acceptors (Lipinski definition) is 2. The van der Waals surface area contributed by atoms with Crippen molar-refractivity contribution >= 4 is 5.91 Å². The van der Waals surface area contributed by atoms with E-state index in [1.807, 2.05) is 6.92 Å². The molecule has 0 heterocycles. The van der Waals surface area contributed by atoms with E-state index in [4.69, 9.17) is 0 Å². The zero-order valence-corrected chi connectivity index (χ0v) is 9.46. The Kier molecular flexibility index (Phi) is 4.43. The molecule has 2 N–H and O–H groups in total. The van der Waals surface area contributed by atoms with Crippen molar-refractivity contribution in [1.82, 2.24) is 5.32 Å². The molecule has 88 valence electrons. The van der Waals surface area contributed by atoms with E-state index in [2.05, 4.69) is 5.32 Å². The summed E-state index contributed by atoms with van der Waals surface area (Å²) in [6.07, 6.45) is 0.0487. The maximum atomic E-state index is 12.8. The van der Waals surface area contributed by atoms with Gasteiger partial charge >= 0.3 is 0 Å². The molecule has 1 rings (SSSR count). The van der Waals surface area contributed by atoms with E-state index in [-0.39, 0.29) is 18.3 Å². The Bertz CT molecular complexity index is 379. The van der Waals surface area contributed by atoms with Crippen LogP contribution in [0.2, 0.25) is 0 Å². The molecule has 0 radical (unpaired) electrons. The minimum absolute atomic E-state index is 0.214. The molecule has 0 spiro atoms. The second kappa shape index (κ2) is 5.61. The number of aliphatic hydroxyl groups is 1. The number of aliphatic hydroxyl groups excluding tert-OH is 1.